The van der Waals surface area contributed by atoms with Crippen LogP contribution in [0.1, 0.15) is 23.1 Å². The van der Waals surface area contributed by atoms with Gasteiger partial charge in [0.05, 0.1) is 0 Å². The van der Waals surface area contributed by atoms with Crippen molar-refractivity contribution in [1.29, 1.82) is 0 Å². The molecule has 3 nitrogen and oxygen atoms in total. The first-order chi connectivity index (χ1) is 11.4. The van der Waals surface area contributed by atoms with Crippen LogP contribution < -0.4 is 5.32 Å². The molecule has 0 saturated carbocycles. The number of hydrogen-bond acceptors (Lipinski definition) is 2. The Morgan fingerprint density at radius 2 is 1.79 bits per heavy atom. The Bertz CT molecular complexity index is 968. The predicted molar refractivity (Wildman–Crippen MR) is 97.9 cm³/mol. The van der Waals surface area contributed by atoms with Crippen LogP contribution >= 0.6 is 12.4 Å². The first-order valence-electron chi connectivity index (χ1n) is 7.87. The number of aromatic nitrogens is 1. The van der Waals surface area contributed by atoms with E-state index in [4.69, 9.17) is 4.42 Å². The normalized spacial score (nSPS) is 16.1. The Hall–Kier alpha value is -2.49. The topological polar surface area (TPSA) is 30.1 Å². The summed E-state index contributed by atoms with van der Waals surface area (Å²) in [5.41, 5.74) is 4.67. The van der Waals surface area contributed by atoms with Crippen molar-refractivity contribution in [2.24, 2.45) is 0 Å². The minimum absolute atomic E-state index is 0. The van der Waals surface area contributed by atoms with Crippen molar-refractivity contribution in [3.63, 3.8) is 0 Å². The van der Waals surface area contributed by atoms with Crippen molar-refractivity contribution in [2.45, 2.75) is 12.6 Å². The summed E-state index contributed by atoms with van der Waals surface area (Å²) >= 11 is 0. The number of nitrogens with one attached hydrogen (secondary N) is 1. The third kappa shape index (κ3) is 2.25. The molecule has 4 heteroatoms. The highest BCUT2D eigenvalue weighted by molar-refractivity contribution is 5.85. The largest absolute Gasteiger partial charge is 0.459 e. The highest BCUT2D eigenvalue weighted by Crippen LogP contribution is 2.33. The van der Waals surface area contributed by atoms with E-state index in [-0.39, 0.29) is 18.4 Å². The average molecular weight is 337 g/mol. The van der Waals surface area contributed by atoms with Gasteiger partial charge in [0, 0.05) is 29.5 Å². The van der Waals surface area contributed by atoms with Gasteiger partial charge in [-0.2, -0.15) is 0 Å². The molecule has 120 valence electrons. The maximum atomic E-state index is 6.11. The molecule has 4 aromatic rings. The fraction of sp³-hybridized carbons (Fsp3) is 0.100. The minimum atomic E-state index is 0. The van der Waals surface area contributed by atoms with Crippen molar-refractivity contribution < 1.29 is 4.42 Å². The average Bonchev–Trinajstić information content (AvgIpc) is 3.20. The summed E-state index contributed by atoms with van der Waals surface area (Å²) in [6, 6.07) is 23.1. The molecule has 0 spiro atoms. The zero-order chi connectivity index (χ0) is 15.2. The molecular weight excluding hydrogens is 320 g/mol. The molecule has 3 heterocycles. The van der Waals surface area contributed by atoms with Crippen LogP contribution in [0.4, 0.5) is 0 Å². The summed E-state index contributed by atoms with van der Waals surface area (Å²) in [5.74, 6) is 0.957. The number of para-hydroxylation sites is 2. The number of rotatable bonds is 1. The van der Waals surface area contributed by atoms with Crippen molar-refractivity contribution in [1.82, 2.24) is 9.88 Å². The van der Waals surface area contributed by atoms with Crippen LogP contribution in [0, 0.1) is 0 Å². The van der Waals surface area contributed by atoms with Gasteiger partial charge in [-0.3, -0.25) is 5.32 Å². The third-order valence-corrected chi connectivity index (χ3v) is 4.55. The highest BCUT2D eigenvalue weighted by Gasteiger charge is 2.25. The Labute approximate surface area is 146 Å². The SMILES string of the molecule is Cl.c1ccc2c(c1)CNC(c1cc3ccccc3o1)c1cccn1-2. The third-order valence-electron chi connectivity index (χ3n) is 4.55. The second-order valence-corrected chi connectivity index (χ2v) is 5.93. The van der Waals surface area contributed by atoms with Crippen molar-refractivity contribution in [2.75, 3.05) is 0 Å². The first-order valence-corrected chi connectivity index (χ1v) is 7.87. The molecule has 0 saturated heterocycles. The van der Waals surface area contributed by atoms with Gasteiger partial charge in [0.25, 0.3) is 0 Å². The van der Waals surface area contributed by atoms with Gasteiger partial charge in [0.15, 0.2) is 0 Å². The number of nitrogens with zero attached hydrogens (tertiary/aromatic N) is 1. The van der Waals surface area contributed by atoms with E-state index in [2.05, 4.69) is 64.6 Å². The van der Waals surface area contributed by atoms with E-state index in [0.717, 1.165) is 23.3 Å². The van der Waals surface area contributed by atoms with E-state index < -0.39 is 0 Å². The minimum Gasteiger partial charge on any atom is -0.459 e. The first kappa shape index (κ1) is 15.1. The van der Waals surface area contributed by atoms with Gasteiger partial charge >= 0.3 is 0 Å². The van der Waals surface area contributed by atoms with E-state index >= 15 is 0 Å². The van der Waals surface area contributed by atoms with E-state index in [1.165, 1.54) is 16.9 Å². The second-order valence-electron chi connectivity index (χ2n) is 5.93. The molecule has 1 N–H and O–H groups in total. The molecule has 5 rings (SSSR count). The molecule has 1 atom stereocenters. The van der Waals surface area contributed by atoms with Crippen LogP contribution in [0.3, 0.4) is 0 Å². The molecule has 1 aliphatic heterocycles. The number of halogens is 1. The summed E-state index contributed by atoms with van der Waals surface area (Å²) < 4.78 is 8.37. The van der Waals surface area contributed by atoms with Gasteiger partial charge in [-0.05, 0) is 35.9 Å². The van der Waals surface area contributed by atoms with Gasteiger partial charge in [-0.25, -0.2) is 0 Å². The molecule has 24 heavy (non-hydrogen) atoms. The Balaban J connectivity index is 0.00000146. The van der Waals surface area contributed by atoms with E-state index in [1.807, 2.05) is 18.2 Å². The standard InChI is InChI=1S/C20H16N2O.ClH/c1-3-8-16-15(7-1)13-21-20(17-9-5-11-22(16)17)19-12-14-6-2-4-10-18(14)23-19;/h1-12,20-21H,13H2;1H. The van der Waals surface area contributed by atoms with Gasteiger partial charge in [0.2, 0.25) is 0 Å². The van der Waals surface area contributed by atoms with E-state index in [1.54, 1.807) is 0 Å². The van der Waals surface area contributed by atoms with E-state index in [9.17, 15) is 0 Å². The lowest BCUT2D eigenvalue weighted by Crippen LogP contribution is -2.20. The summed E-state index contributed by atoms with van der Waals surface area (Å²) in [7, 11) is 0. The Kier molecular flexibility index (Phi) is 3.68. The monoisotopic (exact) mass is 336 g/mol. The van der Waals surface area contributed by atoms with Gasteiger partial charge in [-0.15, -0.1) is 12.4 Å². The second kappa shape index (κ2) is 5.86. The van der Waals surface area contributed by atoms with Gasteiger partial charge in [-0.1, -0.05) is 36.4 Å². The number of fused-ring (bicyclic) bond motifs is 4. The Morgan fingerprint density at radius 3 is 2.71 bits per heavy atom. The lowest BCUT2D eigenvalue weighted by Gasteiger charge is -2.14. The molecule has 2 aromatic heterocycles. The summed E-state index contributed by atoms with van der Waals surface area (Å²) in [6.45, 7) is 0.819. The predicted octanol–water partition coefficient (Wildman–Crippen LogP) is 4.84. The quantitative estimate of drug-likeness (QED) is 0.539. The van der Waals surface area contributed by atoms with Gasteiger partial charge < -0.3 is 8.98 Å². The fourth-order valence-electron chi connectivity index (χ4n) is 3.45. The lowest BCUT2D eigenvalue weighted by molar-refractivity contribution is 0.465. The molecule has 1 aliphatic rings. The van der Waals surface area contributed by atoms with Gasteiger partial charge in [0.1, 0.15) is 17.4 Å². The molecule has 0 radical (unpaired) electrons. The molecule has 0 amide bonds. The zero-order valence-corrected chi connectivity index (χ0v) is 13.8. The number of hydrogen-bond donors (Lipinski definition) is 1. The summed E-state index contributed by atoms with van der Waals surface area (Å²) in [5, 5.41) is 4.79. The van der Waals surface area contributed by atoms with Crippen molar-refractivity contribution in [3.8, 4) is 5.69 Å². The van der Waals surface area contributed by atoms with Crippen LogP contribution in [0.25, 0.3) is 16.7 Å². The lowest BCUT2D eigenvalue weighted by atomic mass is 10.1. The molecule has 0 bridgehead atoms. The maximum Gasteiger partial charge on any atom is 0.134 e. The smallest absolute Gasteiger partial charge is 0.134 e. The van der Waals surface area contributed by atoms with Crippen LogP contribution in [-0.2, 0) is 6.54 Å². The molecule has 1 unspecified atom stereocenters. The number of furan rings is 1. The number of benzene rings is 2. The van der Waals surface area contributed by atoms with Crippen molar-refractivity contribution >= 4 is 23.4 Å². The molecular formula is C20H17ClN2O. The summed E-state index contributed by atoms with van der Waals surface area (Å²) in [4.78, 5) is 0. The zero-order valence-electron chi connectivity index (χ0n) is 13.0. The molecule has 0 aliphatic carbocycles. The fourth-order valence-corrected chi connectivity index (χ4v) is 3.45. The van der Waals surface area contributed by atoms with Crippen LogP contribution in [0.5, 0.6) is 0 Å². The van der Waals surface area contributed by atoms with E-state index in [0.29, 0.717) is 0 Å². The van der Waals surface area contributed by atoms with Crippen LogP contribution in [0.15, 0.2) is 77.3 Å². The van der Waals surface area contributed by atoms with Crippen molar-refractivity contribution in [3.05, 3.63) is 89.9 Å². The molecule has 2 aromatic carbocycles. The Morgan fingerprint density at radius 1 is 0.958 bits per heavy atom. The highest BCUT2D eigenvalue weighted by atomic mass is 35.5. The van der Waals surface area contributed by atoms with Crippen LogP contribution in [-0.4, -0.2) is 4.57 Å². The molecule has 0 fully saturated rings. The maximum absolute atomic E-state index is 6.11. The van der Waals surface area contributed by atoms with Crippen LogP contribution in [0.2, 0.25) is 0 Å². The summed E-state index contributed by atoms with van der Waals surface area (Å²) in [6.07, 6.45) is 2.12.